The molecule has 104 valence electrons. The molecule has 20 heavy (non-hydrogen) atoms. The zero-order valence-corrected chi connectivity index (χ0v) is 11.2. The number of aromatic carboxylic acids is 1. The van der Waals surface area contributed by atoms with Gasteiger partial charge < -0.3 is 9.84 Å². The summed E-state index contributed by atoms with van der Waals surface area (Å²) in [6.45, 7) is 0.612. The SMILES string of the molecule is O=C(O)c1ccc(OCCCCc2ccccc2)cn1. The van der Waals surface area contributed by atoms with Crippen molar-refractivity contribution in [3.8, 4) is 5.75 Å². The molecule has 2 rings (SSSR count). The molecule has 0 aliphatic carbocycles. The average Bonchev–Trinajstić information content (AvgIpc) is 2.48. The first-order chi connectivity index (χ1) is 9.75. The van der Waals surface area contributed by atoms with Gasteiger partial charge in [0.15, 0.2) is 0 Å². The lowest BCUT2D eigenvalue weighted by Gasteiger charge is -2.06. The highest BCUT2D eigenvalue weighted by Gasteiger charge is 2.03. The van der Waals surface area contributed by atoms with Crippen LogP contribution in [-0.4, -0.2) is 22.7 Å². The van der Waals surface area contributed by atoms with Gasteiger partial charge in [-0.05, 0) is 37.0 Å². The molecule has 0 bridgehead atoms. The van der Waals surface area contributed by atoms with Crippen molar-refractivity contribution in [2.75, 3.05) is 6.61 Å². The second-order valence-electron chi connectivity index (χ2n) is 4.48. The summed E-state index contributed by atoms with van der Waals surface area (Å²) in [5.74, 6) is -0.422. The Morgan fingerprint density at radius 2 is 1.90 bits per heavy atom. The fourth-order valence-corrected chi connectivity index (χ4v) is 1.86. The maximum Gasteiger partial charge on any atom is 0.354 e. The Kier molecular flexibility index (Phi) is 5.12. The van der Waals surface area contributed by atoms with Crippen LogP contribution in [0.1, 0.15) is 28.9 Å². The first kappa shape index (κ1) is 14.1. The van der Waals surface area contributed by atoms with E-state index in [4.69, 9.17) is 9.84 Å². The van der Waals surface area contributed by atoms with Crippen LogP contribution in [0.25, 0.3) is 0 Å². The number of ether oxygens (including phenoxy) is 1. The minimum atomic E-state index is -1.03. The summed E-state index contributed by atoms with van der Waals surface area (Å²) >= 11 is 0. The number of hydrogen-bond donors (Lipinski definition) is 1. The van der Waals surface area contributed by atoms with Gasteiger partial charge in [-0.3, -0.25) is 0 Å². The monoisotopic (exact) mass is 271 g/mol. The summed E-state index contributed by atoms with van der Waals surface area (Å²) in [4.78, 5) is 14.4. The summed E-state index contributed by atoms with van der Waals surface area (Å²) in [5, 5.41) is 8.73. The predicted molar refractivity (Wildman–Crippen MR) is 76.1 cm³/mol. The number of pyridine rings is 1. The van der Waals surface area contributed by atoms with Crippen LogP contribution in [0.4, 0.5) is 0 Å². The Morgan fingerprint density at radius 1 is 1.10 bits per heavy atom. The minimum absolute atomic E-state index is 0.0291. The van der Waals surface area contributed by atoms with E-state index in [2.05, 4.69) is 17.1 Å². The van der Waals surface area contributed by atoms with Gasteiger partial charge in [0.2, 0.25) is 0 Å². The highest BCUT2D eigenvalue weighted by molar-refractivity contribution is 5.85. The zero-order valence-electron chi connectivity index (χ0n) is 11.2. The topological polar surface area (TPSA) is 59.4 Å². The van der Waals surface area contributed by atoms with Crippen LogP contribution in [0.2, 0.25) is 0 Å². The lowest BCUT2D eigenvalue weighted by atomic mass is 10.1. The number of nitrogens with zero attached hydrogens (tertiary/aromatic N) is 1. The molecule has 0 atom stereocenters. The molecule has 2 aromatic rings. The van der Waals surface area contributed by atoms with E-state index in [0.29, 0.717) is 12.4 Å². The molecule has 0 aliphatic heterocycles. The molecule has 1 aromatic carbocycles. The number of carbonyl (C=O) groups is 1. The van der Waals surface area contributed by atoms with Crippen molar-refractivity contribution < 1.29 is 14.6 Å². The predicted octanol–water partition coefficient (Wildman–Crippen LogP) is 3.18. The Hall–Kier alpha value is -2.36. The quantitative estimate of drug-likeness (QED) is 0.786. The van der Waals surface area contributed by atoms with Crippen LogP contribution in [-0.2, 0) is 6.42 Å². The Balaban J connectivity index is 1.67. The third kappa shape index (κ3) is 4.39. The van der Waals surface area contributed by atoms with Gasteiger partial charge in [-0.25, -0.2) is 9.78 Å². The Bertz CT molecular complexity index is 537. The maximum atomic E-state index is 10.6. The van der Waals surface area contributed by atoms with Crippen molar-refractivity contribution in [3.63, 3.8) is 0 Å². The normalized spacial score (nSPS) is 10.2. The van der Waals surface area contributed by atoms with Crippen LogP contribution in [0.15, 0.2) is 48.7 Å². The van der Waals surface area contributed by atoms with E-state index in [0.717, 1.165) is 19.3 Å². The van der Waals surface area contributed by atoms with Gasteiger partial charge in [0, 0.05) is 0 Å². The molecule has 0 fully saturated rings. The Morgan fingerprint density at radius 3 is 2.55 bits per heavy atom. The van der Waals surface area contributed by atoms with Crippen LogP contribution >= 0.6 is 0 Å². The van der Waals surface area contributed by atoms with Gasteiger partial charge in [0.05, 0.1) is 12.8 Å². The lowest BCUT2D eigenvalue weighted by Crippen LogP contribution is -2.02. The van der Waals surface area contributed by atoms with Crippen LogP contribution in [0.5, 0.6) is 5.75 Å². The fourth-order valence-electron chi connectivity index (χ4n) is 1.86. The van der Waals surface area contributed by atoms with Gasteiger partial charge in [0.1, 0.15) is 11.4 Å². The van der Waals surface area contributed by atoms with Crippen molar-refractivity contribution in [2.45, 2.75) is 19.3 Å². The number of aryl methyl sites for hydroxylation is 1. The minimum Gasteiger partial charge on any atom is -0.492 e. The van der Waals surface area contributed by atoms with Crippen LogP contribution in [0.3, 0.4) is 0 Å². The van der Waals surface area contributed by atoms with E-state index < -0.39 is 5.97 Å². The smallest absolute Gasteiger partial charge is 0.354 e. The van der Waals surface area contributed by atoms with Crippen molar-refractivity contribution in [1.82, 2.24) is 4.98 Å². The van der Waals surface area contributed by atoms with E-state index in [1.165, 1.54) is 17.8 Å². The molecule has 0 saturated carbocycles. The summed E-state index contributed by atoms with van der Waals surface area (Å²) in [5.41, 5.74) is 1.36. The highest BCUT2D eigenvalue weighted by atomic mass is 16.5. The molecular formula is C16H17NO3. The van der Waals surface area contributed by atoms with E-state index in [9.17, 15) is 4.79 Å². The molecular weight excluding hydrogens is 254 g/mol. The molecule has 0 radical (unpaired) electrons. The molecule has 4 nitrogen and oxygen atoms in total. The molecule has 1 aromatic heterocycles. The number of rotatable bonds is 7. The molecule has 4 heteroatoms. The van der Waals surface area contributed by atoms with Crippen molar-refractivity contribution in [1.29, 1.82) is 0 Å². The maximum absolute atomic E-state index is 10.6. The molecule has 0 amide bonds. The summed E-state index contributed by atoms with van der Waals surface area (Å²) in [7, 11) is 0. The van der Waals surface area contributed by atoms with E-state index >= 15 is 0 Å². The molecule has 1 heterocycles. The van der Waals surface area contributed by atoms with E-state index in [1.54, 1.807) is 6.07 Å². The molecule has 0 saturated heterocycles. The van der Waals surface area contributed by atoms with Crippen LogP contribution in [0, 0.1) is 0 Å². The summed E-state index contributed by atoms with van der Waals surface area (Å²) in [6, 6.07) is 13.4. The van der Waals surface area contributed by atoms with Gasteiger partial charge >= 0.3 is 5.97 Å². The van der Waals surface area contributed by atoms with Gasteiger partial charge in [-0.15, -0.1) is 0 Å². The average molecular weight is 271 g/mol. The number of aromatic nitrogens is 1. The number of unbranched alkanes of at least 4 members (excludes halogenated alkanes) is 1. The van der Waals surface area contributed by atoms with Crippen molar-refractivity contribution in [2.24, 2.45) is 0 Å². The molecule has 0 aliphatic rings. The van der Waals surface area contributed by atoms with Gasteiger partial charge in [-0.2, -0.15) is 0 Å². The van der Waals surface area contributed by atoms with Crippen molar-refractivity contribution in [3.05, 3.63) is 59.9 Å². The Labute approximate surface area is 118 Å². The van der Waals surface area contributed by atoms with E-state index in [1.807, 2.05) is 18.2 Å². The fraction of sp³-hybridized carbons (Fsp3) is 0.250. The number of carboxylic acid groups (broad SMARTS) is 1. The number of benzene rings is 1. The second kappa shape index (κ2) is 7.28. The molecule has 0 spiro atoms. The van der Waals surface area contributed by atoms with Gasteiger partial charge in [-0.1, -0.05) is 30.3 Å². The number of carboxylic acids is 1. The summed E-state index contributed by atoms with van der Waals surface area (Å²) < 4.78 is 5.52. The lowest BCUT2D eigenvalue weighted by molar-refractivity contribution is 0.0690. The van der Waals surface area contributed by atoms with E-state index in [-0.39, 0.29) is 5.69 Å². The first-order valence-corrected chi connectivity index (χ1v) is 6.62. The zero-order chi connectivity index (χ0) is 14.2. The molecule has 1 N–H and O–H groups in total. The van der Waals surface area contributed by atoms with Gasteiger partial charge in [0.25, 0.3) is 0 Å². The largest absolute Gasteiger partial charge is 0.492 e. The third-order valence-electron chi connectivity index (χ3n) is 2.93. The summed E-state index contributed by atoms with van der Waals surface area (Å²) in [6.07, 6.45) is 4.50. The number of hydrogen-bond acceptors (Lipinski definition) is 3. The van der Waals surface area contributed by atoms with Crippen LogP contribution < -0.4 is 4.74 Å². The standard InChI is InChI=1S/C16H17NO3/c18-16(19)15-10-9-14(12-17-15)20-11-5-4-8-13-6-2-1-3-7-13/h1-3,6-7,9-10,12H,4-5,8,11H2,(H,18,19). The highest BCUT2D eigenvalue weighted by Crippen LogP contribution is 2.10. The third-order valence-corrected chi connectivity index (χ3v) is 2.93. The molecule has 0 unspecified atom stereocenters. The first-order valence-electron chi connectivity index (χ1n) is 6.62. The second-order valence-corrected chi connectivity index (χ2v) is 4.48. The van der Waals surface area contributed by atoms with Crippen molar-refractivity contribution >= 4 is 5.97 Å².